The summed E-state index contributed by atoms with van der Waals surface area (Å²) in [4.78, 5) is 11.5. The monoisotopic (exact) mass is 314 g/mol. The maximum absolute atomic E-state index is 12.3. The number of hydrogen-bond donors (Lipinski definition) is 1. The van der Waals surface area contributed by atoms with E-state index < -0.39 is 16.0 Å². The van der Waals surface area contributed by atoms with E-state index in [0.29, 0.717) is 17.7 Å². The van der Waals surface area contributed by atoms with E-state index in [1.54, 1.807) is 6.08 Å². The third-order valence-electron chi connectivity index (χ3n) is 3.24. The molecule has 0 aromatic heterocycles. The van der Waals surface area contributed by atoms with Crippen molar-refractivity contribution in [1.82, 2.24) is 4.72 Å². The van der Waals surface area contributed by atoms with Crippen LogP contribution in [0.3, 0.4) is 0 Å². The van der Waals surface area contributed by atoms with Crippen molar-refractivity contribution in [2.24, 2.45) is 0 Å². The fraction of sp³-hybridized carbons (Fsp3) is 0.0667. The van der Waals surface area contributed by atoms with Gasteiger partial charge >= 0.3 is 5.97 Å². The second kappa shape index (κ2) is 5.16. The maximum Gasteiger partial charge on any atom is 0.343 e. The summed E-state index contributed by atoms with van der Waals surface area (Å²) in [5.41, 5.74) is 1.63. The molecule has 1 aromatic carbocycles. The molecule has 22 heavy (non-hydrogen) atoms. The van der Waals surface area contributed by atoms with Crippen LogP contribution in [0.2, 0.25) is 0 Å². The van der Waals surface area contributed by atoms with Crippen molar-refractivity contribution in [3.05, 3.63) is 65.1 Å². The molecule has 1 N–H and O–H groups in total. The van der Waals surface area contributed by atoms with Crippen LogP contribution >= 0.6 is 0 Å². The lowest BCUT2D eigenvalue weighted by Gasteiger charge is -2.13. The Labute approximate surface area is 127 Å². The number of allylic oxidation sites excluding steroid dienone is 2. The van der Waals surface area contributed by atoms with Crippen LogP contribution < -0.4 is 4.72 Å². The summed E-state index contributed by atoms with van der Waals surface area (Å²) in [5, 5.41) is 8.84. The summed E-state index contributed by atoms with van der Waals surface area (Å²) in [6.07, 6.45) is 4.87. The number of nitrogens with zero attached hydrogens (tertiary/aromatic N) is 1. The Bertz CT molecular complexity index is 902. The normalized spacial score (nSPS) is 16.7. The van der Waals surface area contributed by atoms with Gasteiger partial charge in [0.05, 0.1) is 28.4 Å². The molecular weight excluding hydrogens is 304 g/mol. The summed E-state index contributed by atoms with van der Waals surface area (Å²) in [5.74, 6) is -0.494. The molecule has 6 nitrogen and oxygen atoms in total. The molecule has 0 spiro atoms. The number of cyclic esters (lactones) is 1. The molecule has 0 unspecified atom stereocenters. The molecular formula is C15H10N2O4S. The molecule has 0 amide bonds. The highest BCUT2D eigenvalue weighted by Gasteiger charge is 2.26. The van der Waals surface area contributed by atoms with Gasteiger partial charge in [0.25, 0.3) is 10.0 Å². The Morgan fingerprint density at radius 2 is 2.14 bits per heavy atom. The second-order valence-corrected chi connectivity index (χ2v) is 6.40. The quantitative estimate of drug-likeness (QED) is 0.853. The van der Waals surface area contributed by atoms with Crippen molar-refractivity contribution in [3.63, 3.8) is 0 Å². The van der Waals surface area contributed by atoms with E-state index in [1.807, 2.05) is 6.07 Å². The molecule has 1 aromatic rings. The van der Waals surface area contributed by atoms with Crippen LogP contribution in [0.1, 0.15) is 12.0 Å². The molecule has 1 heterocycles. The molecule has 0 saturated carbocycles. The molecule has 1 aliphatic heterocycles. The van der Waals surface area contributed by atoms with E-state index in [-0.39, 0.29) is 10.5 Å². The first kappa shape index (κ1) is 14.1. The Kier molecular flexibility index (Phi) is 3.31. The van der Waals surface area contributed by atoms with Gasteiger partial charge in [-0.2, -0.15) is 5.26 Å². The minimum Gasteiger partial charge on any atom is -0.431 e. The van der Waals surface area contributed by atoms with Gasteiger partial charge in [-0.1, -0.05) is 12.1 Å². The number of fused-ring (bicyclic) bond motifs is 1. The van der Waals surface area contributed by atoms with Crippen molar-refractivity contribution in [2.45, 2.75) is 11.3 Å². The predicted octanol–water partition coefficient (Wildman–Crippen LogP) is 1.49. The average Bonchev–Trinajstić information content (AvgIpc) is 2.88. The standard InChI is InChI=1S/C15H10N2O4S/c16-8-10-2-1-3-13(6-10)22(19,20)17-12-5-4-11-9-21-15(18)14(11)7-12/h1-3,5-7,9,17H,4H2. The lowest BCUT2D eigenvalue weighted by Crippen LogP contribution is -2.24. The fourth-order valence-corrected chi connectivity index (χ4v) is 3.25. The summed E-state index contributed by atoms with van der Waals surface area (Å²) in [7, 11) is -3.82. The van der Waals surface area contributed by atoms with Gasteiger partial charge in [0.1, 0.15) is 0 Å². The first-order valence-electron chi connectivity index (χ1n) is 6.35. The molecule has 0 radical (unpaired) electrons. The highest BCUT2D eigenvalue weighted by atomic mass is 32.2. The van der Waals surface area contributed by atoms with Gasteiger partial charge in [-0.3, -0.25) is 4.72 Å². The highest BCUT2D eigenvalue weighted by Crippen LogP contribution is 2.28. The Morgan fingerprint density at radius 1 is 1.32 bits per heavy atom. The van der Waals surface area contributed by atoms with Crippen molar-refractivity contribution in [3.8, 4) is 6.07 Å². The van der Waals surface area contributed by atoms with Gasteiger partial charge in [-0.15, -0.1) is 0 Å². The molecule has 0 saturated heterocycles. The van der Waals surface area contributed by atoms with Crippen molar-refractivity contribution < 1.29 is 17.9 Å². The third kappa shape index (κ3) is 2.52. The van der Waals surface area contributed by atoms with E-state index in [0.717, 1.165) is 5.57 Å². The second-order valence-electron chi connectivity index (χ2n) is 4.72. The van der Waals surface area contributed by atoms with Gasteiger partial charge in [0.2, 0.25) is 0 Å². The number of rotatable bonds is 3. The minimum atomic E-state index is -3.82. The van der Waals surface area contributed by atoms with E-state index in [4.69, 9.17) is 10.00 Å². The number of carbonyl (C=O) groups is 1. The Morgan fingerprint density at radius 3 is 2.91 bits per heavy atom. The molecule has 0 fully saturated rings. The smallest absolute Gasteiger partial charge is 0.343 e. The number of sulfonamides is 1. The summed E-state index contributed by atoms with van der Waals surface area (Å²) in [6.45, 7) is 0. The number of nitrogens with one attached hydrogen (secondary N) is 1. The van der Waals surface area contributed by atoms with E-state index in [9.17, 15) is 13.2 Å². The molecule has 110 valence electrons. The fourth-order valence-electron chi connectivity index (χ4n) is 2.14. The number of carbonyl (C=O) groups excluding carboxylic acids is 1. The zero-order valence-corrected chi connectivity index (χ0v) is 12.1. The number of ether oxygens (including phenoxy) is 1. The van der Waals surface area contributed by atoms with Crippen LogP contribution in [0.5, 0.6) is 0 Å². The highest BCUT2D eigenvalue weighted by molar-refractivity contribution is 7.89. The van der Waals surface area contributed by atoms with Crippen LogP contribution in [0.25, 0.3) is 0 Å². The van der Waals surface area contributed by atoms with Crippen molar-refractivity contribution in [2.75, 3.05) is 0 Å². The van der Waals surface area contributed by atoms with Gasteiger partial charge in [-0.25, -0.2) is 13.2 Å². The SMILES string of the molecule is N#Cc1cccc(S(=O)(=O)NC2=CCC3=COC(=O)C3=C2)c1. The largest absolute Gasteiger partial charge is 0.431 e. The Hall–Kier alpha value is -2.85. The van der Waals surface area contributed by atoms with E-state index in [1.165, 1.54) is 36.6 Å². The zero-order chi connectivity index (χ0) is 15.7. The molecule has 2 aliphatic rings. The molecule has 3 rings (SSSR count). The number of benzene rings is 1. The van der Waals surface area contributed by atoms with Crippen molar-refractivity contribution >= 4 is 16.0 Å². The molecule has 0 atom stereocenters. The minimum absolute atomic E-state index is 0.0128. The summed E-state index contributed by atoms with van der Waals surface area (Å²) < 4.78 is 31.8. The number of nitriles is 1. The maximum atomic E-state index is 12.3. The van der Waals surface area contributed by atoms with Crippen LogP contribution in [0.15, 0.2) is 64.4 Å². The summed E-state index contributed by atoms with van der Waals surface area (Å²) in [6, 6.07) is 7.59. The molecule has 7 heteroatoms. The van der Waals surface area contributed by atoms with Gasteiger partial charge in [0, 0.05) is 11.3 Å². The van der Waals surface area contributed by atoms with Crippen LogP contribution in [-0.2, 0) is 19.6 Å². The van der Waals surface area contributed by atoms with Gasteiger partial charge < -0.3 is 4.74 Å². The number of esters is 1. The number of hydrogen-bond acceptors (Lipinski definition) is 5. The zero-order valence-electron chi connectivity index (χ0n) is 11.2. The van der Waals surface area contributed by atoms with Crippen LogP contribution in [0, 0.1) is 11.3 Å². The lowest BCUT2D eigenvalue weighted by atomic mass is 9.99. The van der Waals surface area contributed by atoms with Gasteiger partial charge in [-0.05, 0) is 30.7 Å². The Balaban J connectivity index is 1.88. The van der Waals surface area contributed by atoms with E-state index in [2.05, 4.69) is 4.72 Å². The third-order valence-corrected chi connectivity index (χ3v) is 4.62. The first-order valence-corrected chi connectivity index (χ1v) is 7.83. The molecule has 1 aliphatic carbocycles. The summed E-state index contributed by atoms with van der Waals surface area (Å²) >= 11 is 0. The van der Waals surface area contributed by atoms with Crippen LogP contribution in [0.4, 0.5) is 0 Å². The van der Waals surface area contributed by atoms with Gasteiger partial charge in [0.15, 0.2) is 0 Å². The van der Waals surface area contributed by atoms with Crippen molar-refractivity contribution in [1.29, 1.82) is 5.26 Å². The van der Waals surface area contributed by atoms with Crippen LogP contribution in [-0.4, -0.2) is 14.4 Å². The average molecular weight is 314 g/mol. The first-order chi connectivity index (χ1) is 10.5. The van der Waals surface area contributed by atoms with E-state index >= 15 is 0 Å². The molecule has 0 bridgehead atoms. The lowest BCUT2D eigenvalue weighted by molar-refractivity contribution is -0.132. The topological polar surface area (TPSA) is 96.3 Å². The predicted molar refractivity (Wildman–Crippen MR) is 76.4 cm³/mol.